The number of nitrogens with zero attached hydrogens (tertiary/aromatic N) is 1. The Labute approximate surface area is 127 Å². The number of hydrogen-bond acceptors (Lipinski definition) is 3. The Morgan fingerprint density at radius 2 is 2.00 bits per heavy atom. The van der Waals surface area contributed by atoms with Gasteiger partial charge in [0.15, 0.2) is 0 Å². The zero-order valence-electron chi connectivity index (χ0n) is 13.2. The van der Waals surface area contributed by atoms with E-state index in [0.717, 1.165) is 18.5 Å². The van der Waals surface area contributed by atoms with Crippen LogP contribution in [0.4, 0.5) is 4.39 Å². The summed E-state index contributed by atoms with van der Waals surface area (Å²) in [6.07, 6.45) is 0.990. The molecule has 0 saturated heterocycles. The zero-order valence-corrected chi connectivity index (χ0v) is 14.0. The van der Waals surface area contributed by atoms with Gasteiger partial charge in [0.1, 0.15) is 10.7 Å². The summed E-state index contributed by atoms with van der Waals surface area (Å²) in [5.74, 6) is -0.521. The van der Waals surface area contributed by atoms with E-state index in [1.54, 1.807) is 6.07 Å². The molecular formula is C15H25FN2O2S. The van der Waals surface area contributed by atoms with Gasteiger partial charge in [0.25, 0.3) is 0 Å². The van der Waals surface area contributed by atoms with Crippen molar-refractivity contribution in [2.24, 2.45) is 5.92 Å². The summed E-state index contributed by atoms with van der Waals surface area (Å²) in [7, 11) is -2.30. The summed E-state index contributed by atoms with van der Waals surface area (Å²) in [5, 5.41) is 3.18. The smallest absolute Gasteiger partial charge is 0.245 e. The molecule has 1 rings (SSSR count). The lowest BCUT2D eigenvalue weighted by Crippen LogP contribution is -2.31. The van der Waals surface area contributed by atoms with Gasteiger partial charge in [-0.2, -0.15) is 0 Å². The van der Waals surface area contributed by atoms with Crippen LogP contribution in [0.25, 0.3) is 0 Å². The van der Waals surface area contributed by atoms with Gasteiger partial charge in [-0.1, -0.05) is 26.8 Å². The molecule has 120 valence electrons. The normalized spacial score (nSPS) is 12.3. The third kappa shape index (κ3) is 5.05. The van der Waals surface area contributed by atoms with Crippen molar-refractivity contribution in [3.8, 4) is 0 Å². The first kappa shape index (κ1) is 18.1. The predicted octanol–water partition coefficient (Wildman–Crippen LogP) is 2.60. The lowest BCUT2D eigenvalue weighted by Gasteiger charge is -2.20. The molecule has 1 N–H and O–H groups in total. The summed E-state index contributed by atoms with van der Waals surface area (Å²) in [5.41, 5.74) is 0.765. The van der Waals surface area contributed by atoms with Crippen LogP contribution in [0.3, 0.4) is 0 Å². The molecule has 0 heterocycles. The highest BCUT2D eigenvalue weighted by molar-refractivity contribution is 7.89. The molecule has 21 heavy (non-hydrogen) atoms. The number of halogens is 1. The van der Waals surface area contributed by atoms with Crippen LogP contribution in [0.5, 0.6) is 0 Å². The fourth-order valence-electron chi connectivity index (χ4n) is 2.05. The van der Waals surface area contributed by atoms with Crippen LogP contribution in [-0.4, -0.2) is 32.9 Å². The molecule has 1 aromatic rings. The van der Waals surface area contributed by atoms with Gasteiger partial charge in [-0.3, -0.25) is 0 Å². The Morgan fingerprint density at radius 1 is 1.33 bits per heavy atom. The minimum Gasteiger partial charge on any atom is -0.313 e. The first-order chi connectivity index (χ1) is 9.78. The van der Waals surface area contributed by atoms with Crippen molar-refractivity contribution in [1.82, 2.24) is 9.62 Å². The largest absolute Gasteiger partial charge is 0.313 e. The van der Waals surface area contributed by atoms with E-state index in [0.29, 0.717) is 13.1 Å². The topological polar surface area (TPSA) is 49.4 Å². The molecule has 4 nitrogen and oxygen atoms in total. The van der Waals surface area contributed by atoms with Gasteiger partial charge in [0.05, 0.1) is 0 Å². The first-order valence-electron chi connectivity index (χ1n) is 7.24. The SMILES string of the molecule is CCCNCc1ccc(F)c(S(=O)(=O)N(C)CC(C)C)c1. The Hall–Kier alpha value is -0.980. The summed E-state index contributed by atoms with van der Waals surface area (Å²) in [4.78, 5) is -0.249. The van der Waals surface area contributed by atoms with E-state index >= 15 is 0 Å². The van der Waals surface area contributed by atoms with Crippen LogP contribution in [0.15, 0.2) is 23.1 Å². The number of rotatable bonds is 8. The van der Waals surface area contributed by atoms with Crippen molar-refractivity contribution in [3.63, 3.8) is 0 Å². The zero-order chi connectivity index (χ0) is 16.0. The van der Waals surface area contributed by atoms with Gasteiger partial charge < -0.3 is 5.32 Å². The Bertz CT molecular complexity index is 559. The number of nitrogens with one attached hydrogen (secondary N) is 1. The molecule has 0 fully saturated rings. The molecule has 0 bridgehead atoms. The van der Waals surface area contributed by atoms with E-state index in [4.69, 9.17) is 0 Å². The second-order valence-corrected chi connectivity index (χ2v) is 7.63. The van der Waals surface area contributed by atoms with E-state index in [1.807, 2.05) is 13.8 Å². The molecular weight excluding hydrogens is 291 g/mol. The second kappa shape index (κ2) is 7.87. The van der Waals surface area contributed by atoms with Crippen molar-refractivity contribution in [3.05, 3.63) is 29.6 Å². The van der Waals surface area contributed by atoms with Crippen LogP contribution in [-0.2, 0) is 16.6 Å². The molecule has 0 amide bonds. The van der Waals surface area contributed by atoms with E-state index in [-0.39, 0.29) is 10.8 Å². The third-order valence-electron chi connectivity index (χ3n) is 3.06. The van der Waals surface area contributed by atoms with Crippen LogP contribution in [0.2, 0.25) is 0 Å². The Balaban J connectivity index is 3.02. The maximum absolute atomic E-state index is 13.9. The van der Waals surface area contributed by atoms with Crippen LogP contribution < -0.4 is 5.32 Å². The van der Waals surface area contributed by atoms with E-state index in [9.17, 15) is 12.8 Å². The van der Waals surface area contributed by atoms with E-state index in [2.05, 4.69) is 12.2 Å². The standard InChI is InChI=1S/C15H25FN2O2S/c1-5-8-17-10-13-6-7-14(16)15(9-13)21(19,20)18(4)11-12(2)3/h6-7,9,12,17H,5,8,10-11H2,1-4H3. The van der Waals surface area contributed by atoms with Crippen molar-refractivity contribution in [1.29, 1.82) is 0 Å². The van der Waals surface area contributed by atoms with Crippen molar-refractivity contribution < 1.29 is 12.8 Å². The van der Waals surface area contributed by atoms with Crippen molar-refractivity contribution in [2.75, 3.05) is 20.1 Å². The van der Waals surface area contributed by atoms with Crippen molar-refractivity contribution in [2.45, 2.75) is 38.6 Å². The maximum atomic E-state index is 13.9. The molecule has 0 aliphatic carbocycles. The molecule has 1 aromatic carbocycles. The fraction of sp³-hybridized carbons (Fsp3) is 0.600. The summed E-state index contributed by atoms with van der Waals surface area (Å²) in [6, 6.07) is 4.25. The van der Waals surface area contributed by atoms with Gasteiger partial charge in [-0.15, -0.1) is 0 Å². The van der Waals surface area contributed by atoms with Gasteiger partial charge in [-0.05, 0) is 36.6 Å². The molecule has 6 heteroatoms. The van der Waals surface area contributed by atoms with Gasteiger partial charge in [0.2, 0.25) is 10.0 Å². The van der Waals surface area contributed by atoms with Crippen LogP contribution in [0, 0.1) is 11.7 Å². The predicted molar refractivity (Wildman–Crippen MR) is 83.1 cm³/mol. The fourth-order valence-corrected chi connectivity index (χ4v) is 3.49. The summed E-state index contributed by atoms with van der Waals surface area (Å²) in [6.45, 7) is 7.63. The molecule has 0 aliphatic rings. The number of benzene rings is 1. The van der Waals surface area contributed by atoms with E-state index in [1.165, 1.54) is 23.5 Å². The van der Waals surface area contributed by atoms with Gasteiger partial charge >= 0.3 is 0 Å². The first-order valence-corrected chi connectivity index (χ1v) is 8.68. The molecule has 0 atom stereocenters. The minimum atomic E-state index is -3.79. The number of sulfonamides is 1. The van der Waals surface area contributed by atoms with Crippen LogP contribution in [0.1, 0.15) is 32.8 Å². The molecule has 0 aliphatic heterocycles. The summed E-state index contributed by atoms with van der Waals surface area (Å²) < 4.78 is 40.0. The minimum absolute atomic E-state index is 0.183. The quantitative estimate of drug-likeness (QED) is 0.750. The second-order valence-electron chi connectivity index (χ2n) is 5.62. The van der Waals surface area contributed by atoms with Crippen molar-refractivity contribution >= 4 is 10.0 Å². The average molecular weight is 316 g/mol. The highest BCUT2D eigenvalue weighted by Gasteiger charge is 2.25. The lowest BCUT2D eigenvalue weighted by atomic mass is 10.2. The number of hydrogen-bond donors (Lipinski definition) is 1. The monoisotopic (exact) mass is 316 g/mol. The highest BCUT2D eigenvalue weighted by atomic mass is 32.2. The molecule has 0 saturated carbocycles. The molecule has 0 aromatic heterocycles. The van der Waals surface area contributed by atoms with Gasteiger partial charge in [-0.25, -0.2) is 17.1 Å². The Kier molecular flexibility index (Phi) is 6.77. The molecule has 0 unspecified atom stereocenters. The molecule has 0 radical (unpaired) electrons. The third-order valence-corrected chi connectivity index (χ3v) is 4.90. The van der Waals surface area contributed by atoms with Crippen LogP contribution >= 0.6 is 0 Å². The summed E-state index contributed by atoms with van der Waals surface area (Å²) >= 11 is 0. The van der Waals surface area contributed by atoms with E-state index < -0.39 is 15.8 Å². The highest BCUT2D eigenvalue weighted by Crippen LogP contribution is 2.20. The maximum Gasteiger partial charge on any atom is 0.245 e. The average Bonchev–Trinajstić information content (AvgIpc) is 2.40. The molecule has 0 spiro atoms. The lowest BCUT2D eigenvalue weighted by molar-refractivity contribution is 0.414. The Morgan fingerprint density at radius 3 is 2.57 bits per heavy atom. The van der Waals surface area contributed by atoms with Gasteiger partial charge in [0, 0.05) is 20.1 Å².